The van der Waals surface area contributed by atoms with Crippen molar-refractivity contribution in [3.8, 4) is 17.9 Å². The highest BCUT2D eigenvalue weighted by atomic mass is 32.2. The lowest BCUT2D eigenvalue weighted by Gasteiger charge is -2.28. The number of anilines is 1. The molecule has 1 atom stereocenters. The first-order valence-electron chi connectivity index (χ1n) is 9.67. The number of nitriles is 2. The van der Waals surface area contributed by atoms with Crippen LogP contribution in [0, 0.1) is 22.7 Å². The molecule has 30 heavy (non-hydrogen) atoms. The molecule has 0 bridgehead atoms. The van der Waals surface area contributed by atoms with Crippen molar-refractivity contribution in [1.82, 2.24) is 5.32 Å². The topological polar surface area (TPSA) is 115 Å². The van der Waals surface area contributed by atoms with Gasteiger partial charge in [0, 0.05) is 18.6 Å². The van der Waals surface area contributed by atoms with E-state index in [-0.39, 0.29) is 11.9 Å². The maximum Gasteiger partial charge on any atom is 0.160 e. The minimum Gasteiger partial charge on any atom is -0.484 e. The molecule has 2 N–H and O–H groups in total. The maximum absolute atomic E-state index is 10.0. The Labute approximate surface area is 178 Å². The average molecular weight is 427 g/mol. The van der Waals surface area contributed by atoms with Crippen LogP contribution in [0.5, 0.6) is 5.75 Å². The van der Waals surface area contributed by atoms with Gasteiger partial charge in [-0.2, -0.15) is 10.5 Å². The minimum absolute atomic E-state index is 0.00651. The number of benzene rings is 2. The summed E-state index contributed by atoms with van der Waals surface area (Å²) in [6.45, 7) is 3.88. The lowest BCUT2D eigenvalue weighted by Crippen LogP contribution is -2.40. The number of hydrogen-bond donors (Lipinski definition) is 2. The fourth-order valence-electron chi connectivity index (χ4n) is 2.68. The largest absolute Gasteiger partial charge is 0.484 e. The average Bonchev–Trinajstić information content (AvgIpc) is 2.76. The van der Waals surface area contributed by atoms with Crippen molar-refractivity contribution in [2.45, 2.75) is 19.4 Å². The Morgan fingerprint density at radius 3 is 2.47 bits per heavy atom. The van der Waals surface area contributed by atoms with Crippen LogP contribution in [-0.4, -0.2) is 46.2 Å². The van der Waals surface area contributed by atoms with Gasteiger partial charge >= 0.3 is 0 Å². The molecule has 0 spiro atoms. The van der Waals surface area contributed by atoms with Crippen molar-refractivity contribution in [3.63, 3.8) is 0 Å². The number of para-hydroxylation sites is 1. The first-order valence-corrected chi connectivity index (χ1v) is 11.7. The summed E-state index contributed by atoms with van der Waals surface area (Å²) in [5.41, 5.74) is 3.31. The zero-order valence-corrected chi connectivity index (χ0v) is 18.0. The molecule has 0 fully saturated rings. The Morgan fingerprint density at radius 1 is 1.17 bits per heavy atom. The molecule has 0 amide bonds. The first-order chi connectivity index (χ1) is 14.4. The molecule has 0 aromatic heterocycles. The van der Waals surface area contributed by atoms with Gasteiger partial charge in [-0.3, -0.25) is 0 Å². The quantitative estimate of drug-likeness (QED) is 0.682. The van der Waals surface area contributed by atoms with Crippen LogP contribution in [0.25, 0.3) is 0 Å². The highest BCUT2D eigenvalue weighted by molar-refractivity contribution is 7.90. The van der Waals surface area contributed by atoms with E-state index in [0.717, 1.165) is 18.7 Å². The third-order valence-electron chi connectivity index (χ3n) is 4.51. The Bertz CT molecular complexity index is 1020. The highest BCUT2D eigenvalue weighted by Gasteiger charge is 2.21. The normalized spacial score (nSPS) is 14.6. The van der Waals surface area contributed by atoms with E-state index in [1.165, 1.54) is 11.8 Å². The van der Waals surface area contributed by atoms with Crippen LogP contribution in [0.3, 0.4) is 0 Å². The summed E-state index contributed by atoms with van der Waals surface area (Å²) in [5, 5.41) is 24.7. The number of sulfone groups is 1. The summed E-state index contributed by atoms with van der Waals surface area (Å²) in [5.74, 6) is 0.887. The summed E-state index contributed by atoms with van der Waals surface area (Å²) in [6, 6.07) is 17.5. The van der Waals surface area contributed by atoms with Crippen LogP contribution in [0.4, 0.5) is 5.69 Å². The molecule has 7 nitrogen and oxygen atoms in total. The molecule has 2 aromatic carbocycles. The van der Waals surface area contributed by atoms with Gasteiger partial charge < -0.3 is 15.4 Å². The van der Waals surface area contributed by atoms with Gasteiger partial charge in [0.1, 0.15) is 22.0 Å². The Balaban J connectivity index is 0.000000469. The SMILES string of the molecule is CCS(C)(=O)=O.N#Cc1ccc(CCNCC2CNc3cccc(C#N)c3O2)cc1. The Kier molecular flexibility index (Phi) is 8.67. The van der Waals surface area contributed by atoms with Gasteiger partial charge in [-0.1, -0.05) is 25.1 Å². The smallest absolute Gasteiger partial charge is 0.160 e. The molecule has 0 saturated heterocycles. The van der Waals surface area contributed by atoms with Crippen LogP contribution in [0.15, 0.2) is 42.5 Å². The van der Waals surface area contributed by atoms with Crippen molar-refractivity contribution in [2.24, 2.45) is 0 Å². The number of nitrogens with zero attached hydrogens (tertiary/aromatic N) is 2. The van der Waals surface area contributed by atoms with E-state index < -0.39 is 9.84 Å². The molecule has 2 aromatic rings. The second-order valence-electron chi connectivity index (χ2n) is 6.89. The fraction of sp³-hybridized carbons (Fsp3) is 0.364. The van der Waals surface area contributed by atoms with E-state index in [2.05, 4.69) is 22.8 Å². The van der Waals surface area contributed by atoms with E-state index in [4.69, 9.17) is 15.3 Å². The molecule has 0 saturated carbocycles. The summed E-state index contributed by atoms with van der Waals surface area (Å²) in [4.78, 5) is 0. The molecule has 0 radical (unpaired) electrons. The van der Waals surface area contributed by atoms with Gasteiger partial charge in [-0.15, -0.1) is 0 Å². The van der Waals surface area contributed by atoms with Crippen LogP contribution in [-0.2, 0) is 16.3 Å². The lowest BCUT2D eigenvalue weighted by atomic mass is 10.1. The van der Waals surface area contributed by atoms with Crippen molar-refractivity contribution >= 4 is 15.5 Å². The summed E-state index contributed by atoms with van der Waals surface area (Å²) in [6.07, 6.45) is 2.10. The van der Waals surface area contributed by atoms with Crippen LogP contribution >= 0.6 is 0 Å². The monoisotopic (exact) mass is 426 g/mol. The highest BCUT2D eigenvalue weighted by Crippen LogP contribution is 2.32. The molecular formula is C22H26N4O3S. The number of fused-ring (bicyclic) bond motifs is 1. The van der Waals surface area contributed by atoms with Gasteiger partial charge in [0.05, 0.1) is 29.4 Å². The number of nitrogens with one attached hydrogen (secondary N) is 2. The summed E-state index contributed by atoms with van der Waals surface area (Å²) >= 11 is 0. The maximum atomic E-state index is 10.0. The first kappa shape index (κ1) is 23.2. The zero-order chi connectivity index (χ0) is 22.0. The molecule has 0 aliphatic carbocycles. The van der Waals surface area contributed by atoms with Gasteiger partial charge in [0.25, 0.3) is 0 Å². The standard InChI is InChI=1S/C19H18N4O.C3H8O2S/c20-10-15-6-4-14(5-7-15)8-9-22-12-17-13-23-18-3-1-2-16(11-21)19(18)24-17;1-3-6(2,4)5/h1-7,17,22-23H,8-9,12-13H2;3H2,1-2H3. The zero-order valence-electron chi connectivity index (χ0n) is 17.2. The Morgan fingerprint density at radius 2 is 1.87 bits per heavy atom. The van der Waals surface area contributed by atoms with E-state index in [1.54, 1.807) is 13.0 Å². The molecule has 158 valence electrons. The number of rotatable bonds is 6. The van der Waals surface area contributed by atoms with Gasteiger partial charge in [-0.25, -0.2) is 8.42 Å². The van der Waals surface area contributed by atoms with Crippen molar-refractivity contribution < 1.29 is 13.2 Å². The molecule has 1 unspecified atom stereocenters. The summed E-state index contributed by atoms with van der Waals surface area (Å²) < 4.78 is 26.0. The molecule has 8 heteroatoms. The van der Waals surface area contributed by atoms with E-state index in [9.17, 15) is 8.42 Å². The molecular weight excluding hydrogens is 400 g/mol. The second-order valence-corrected chi connectivity index (χ2v) is 9.32. The third-order valence-corrected chi connectivity index (χ3v) is 5.56. The van der Waals surface area contributed by atoms with Crippen molar-refractivity contribution in [2.75, 3.05) is 37.0 Å². The van der Waals surface area contributed by atoms with Crippen LogP contribution < -0.4 is 15.4 Å². The van der Waals surface area contributed by atoms with Gasteiger partial charge in [-0.05, 0) is 42.8 Å². The van der Waals surface area contributed by atoms with Crippen LogP contribution in [0.1, 0.15) is 23.6 Å². The third kappa shape index (κ3) is 7.40. The van der Waals surface area contributed by atoms with E-state index in [0.29, 0.717) is 30.0 Å². The predicted octanol–water partition coefficient (Wildman–Crippen LogP) is 2.49. The van der Waals surface area contributed by atoms with E-state index >= 15 is 0 Å². The van der Waals surface area contributed by atoms with E-state index in [1.807, 2.05) is 36.4 Å². The van der Waals surface area contributed by atoms with Gasteiger partial charge in [0.2, 0.25) is 0 Å². The summed E-state index contributed by atoms with van der Waals surface area (Å²) in [7, 11) is -2.66. The molecule has 3 rings (SSSR count). The molecule has 1 heterocycles. The number of ether oxygens (including phenoxy) is 1. The molecule has 1 aliphatic heterocycles. The van der Waals surface area contributed by atoms with Crippen molar-refractivity contribution in [3.05, 3.63) is 59.2 Å². The fourth-order valence-corrected chi connectivity index (χ4v) is 2.68. The minimum atomic E-state index is -2.66. The lowest BCUT2D eigenvalue weighted by molar-refractivity contribution is 0.202. The number of hydrogen-bond acceptors (Lipinski definition) is 7. The van der Waals surface area contributed by atoms with Crippen molar-refractivity contribution in [1.29, 1.82) is 10.5 Å². The predicted molar refractivity (Wildman–Crippen MR) is 117 cm³/mol. The van der Waals surface area contributed by atoms with Gasteiger partial charge in [0.15, 0.2) is 5.75 Å². The second kappa shape index (κ2) is 11.2. The van der Waals surface area contributed by atoms with Crippen LogP contribution in [0.2, 0.25) is 0 Å². The molecule has 1 aliphatic rings. The Hall–Kier alpha value is -3.07.